The monoisotopic (exact) mass is 545 g/mol. The van der Waals surface area contributed by atoms with Gasteiger partial charge in [-0.25, -0.2) is 9.18 Å². The molecule has 1 atom stereocenters. The summed E-state index contributed by atoms with van der Waals surface area (Å²) in [4.78, 5) is 25.7. The Morgan fingerprint density at radius 3 is 2.63 bits per heavy atom. The molecule has 0 amide bonds. The molecule has 9 heteroatoms. The van der Waals surface area contributed by atoms with Gasteiger partial charge in [-0.05, 0) is 64.7 Å². The Morgan fingerprint density at radius 2 is 1.94 bits per heavy atom. The predicted octanol–water partition coefficient (Wildman–Crippen LogP) is 5.03. The first-order valence-electron chi connectivity index (χ1n) is 11.2. The van der Waals surface area contributed by atoms with Gasteiger partial charge in [0.1, 0.15) is 23.8 Å². The number of carbonyl (C=O) groups is 2. The molecule has 0 spiro atoms. The Bertz CT molecular complexity index is 1220. The fourth-order valence-electron chi connectivity index (χ4n) is 4.29. The first kappa shape index (κ1) is 24.8. The molecule has 0 radical (unpaired) electrons. The first-order valence-corrected chi connectivity index (χ1v) is 12.0. The molecule has 2 aromatic carbocycles. The number of methoxy groups -OCH3 is 1. The maximum atomic E-state index is 13.2. The highest BCUT2D eigenvalue weighted by Crippen LogP contribution is 2.47. The molecule has 1 aliphatic heterocycles. The third kappa shape index (κ3) is 5.05. The van der Waals surface area contributed by atoms with Gasteiger partial charge >= 0.3 is 5.97 Å². The minimum absolute atomic E-state index is 0.0656. The number of allylic oxidation sites excluding steroid dienone is 2. The van der Waals surface area contributed by atoms with E-state index in [1.165, 1.54) is 19.2 Å². The topological polar surface area (TPSA) is 97.1 Å². The molecule has 1 heterocycles. The van der Waals surface area contributed by atoms with Crippen LogP contribution in [0.1, 0.15) is 43.2 Å². The lowest BCUT2D eigenvalue weighted by Gasteiger charge is -2.32. The van der Waals surface area contributed by atoms with Gasteiger partial charge in [0, 0.05) is 18.4 Å². The largest absolute Gasteiger partial charge is 0.490 e. The van der Waals surface area contributed by atoms with Crippen LogP contribution >= 0.6 is 15.9 Å². The van der Waals surface area contributed by atoms with E-state index < -0.39 is 11.9 Å². The fraction of sp³-hybridized carbons (Fsp3) is 0.308. The van der Waals surface area contributed by atoms with Gasteiger partial charge in [-0.15, -0.1) is 0 Å². The summed E-state index contributed by atoms with van der Waals surface area (Å²) in [5.41, 5.74) is 7.99. The summed E-state index contributed by atoms with van der Waals surface area (Å²) in [7, 11) is 1.25. The van der Waals surface area contributed by atoms with Crippen molar-refractivity contribution in [1.82, 2.24) is 0 Å². The van der Waals surface area contributed by atoms with E-state index in [9.17, 15) is 14.0 Å². The van der Waals surface area contributed by atoms with Crippen molar-refractivity contribution in [1.29, 1.82) is 0 Å². The van der Waals surface area contributed by atoms with Crippen molar-refractivity contribution in [3.8, 4) is 11.5 Å². The number of benzene rings is 2. The van der Waals surface area contributed by atoms with Crippen LogP contribution in [0.5, 0.6) is 11.5 Å². The normalized spacial score (nSPS) is 17.6. The highest BCUT2D eigenvalue weighted by molar-refractivity contribution is 9.10. The predicted molar refractivity (Wildman–Crippen MR) is 129 cm³/mol. The van der Waals surface area contributed by atoms with E-state index in [2.05, 4.69) is 15.9 Å². The van der Waals surface area contributed by atoms with Gasteiger partial charge in [0.25, 0.3) is 0 Å². The van der Waals surface area contributed by atoms with E-state index in [4.69, 9.17) is 24.7 Å². The minimum Gasteiger partial charge on any atom is -0.490 e. The molecule has 1 aliphatic carbocycles. The fourth-order valence-corrected chi connectivity index (χ4v) is 4.87. The molecule has 2 aliphatic rings. The number of ether oxygens (including phenoxy) is 4. The lowest BCUT2D eigenvalue weighted by molar-refractivity contribution is -0.136. The Balaban J connectivity index is 1.78. The number of rotatable bonds is 7. The van der Waals surface area contributed by atoms with Crippen molar-refractivity contribution < 1.29 is 32.9 Å². The van der Waals surface area contributed by atoms with E-state index in [-0.39, 0.29) is 29.7 Å². The molecule has 2 N–H and O–H groups in total. The second-order valence-electron chi connectivity index (χ2n) is 8.10. The highest BCUT2D eigenvalue weighted by atomic mass is 79.9. The van der Waals surface area contributed by atoms with Crippen molar-refractivity contribution in [2.75, 3.05) is 13.7 Å². The molecule has 0 bridgehead atoms. The van der Waals surface area contributed by atoms with Gasteiger partial charge in [0.2, 0.25) is 5.88 Å². The van der Waals surface area contributed by atoms with Crippen molar-refractivity contribution >= 4 is 27.7 Å². The lowest BCUT2D eigenvalue weighted by atomic mass is 9.77. The second kappa shape index (κ2) is 10.5. The number of nitrogens with two attached hydrogens (primary N) is 1. The zero-order valence-corrected chi connectivity index (χ0v) is 20.9. The smallest absolute Gasteiger partial charge is 0.340 e. The van der Waals surface area contributed by atoms with E-state index in [1.807, 2.05) is 6.92 Å². The lowest BCUT2D eigenvalue weighted by Crippen LogP contribution is -2.31. The summed E-state index contributed by atoms with van der Waals surface area (Å²) in [6.07, 6.45) is 1.55. The Hall–Kier alpha value is -3.33. The number of hydrogen-bond donors (Lipinski definition) is 1. The molecule has 2 aromatic rings. The van der Waals surface area contributed by atoms with Gasteiger partial charge in [0.15, 0.2) is 17.3 Å². The van der Waals surface area contributed by atoms with Crippen LogP contribution in [0.15, 0.2) is 63.7 Å². The van der Waals surface area contributed by atoms with Gasteiger partial charge < -0.3 is 24.7 Å². The van der Waals surface area contributed by atoms with Crippen molar-refractivity contribution in [3.63, 3.8) is 0 Å². The van der Waals surface area contributed by atoms with Crippen LogP contribution in [0.25, 0.3) is 0 Å². The molecule has 0 fully saturated rings. The second-order valence-corrected chi connectivity index (χ2v) is 8.95. The van der Waals surface area contributed by atoms with E-state index in [1.54, 1.807) is 24.3 Å². The summed E-state index contributed by atoms with van der Waals surface area (Å²) in [6.45, 7) is 2.37. The van der Waals surface area contributed by atoms with Gasteiger partial charge in [-0.3, -0.25) is 4.79 Å². The molecule has 4 rings (SSSR count). The number of esters is 1. The quantitative estimate of drug-likeness (QED) is 0.487. The van der Waals surface area contributed by atoms with E-state index in [0.717, 1.165) is 5.56 Å². The SMILES string of the molecule is CCOc1cc([C@H]2C(C(=O)OC)=C(N)OC3=C2C(=O)CCC3)cc(Br)c1OCc1ccc(F)cc1. The summed E-state index contributed by atoms with van der Waals surface area (Å²) >= 11 is 3.55. The minimum atomic E-state index is -0.777. The van der Waals surface area contributed by atoms with Crippen LogP contribution in [-0.2, 0) is 25.7 Å². The molecule has 0 aromatic heterocycles. The molecular weight excluding hydrogens is 521 g/mol. The zero-order chi connectivity index (χ0) is 25.1. The van der Waals surface area contributed by atoms with E-state index >= 15 is 0 Å². The molecule has 7 nitrogen and oxygen atoms in total. The van der Waals surface area contributed by atoms with E-state index in [0.29, 0.717) is 58.7 Å². The standard InChI is InChI=1S/C26H25BrFNO6/c1-3-33-20-12-15(11-17(27)24(20)34-13-14-7-9-16(28)10-8-14)21-22-18(30)5-4-6-19(22)35-25(29)23(21)26(31)32-2/h7-12,21H,3-6,13,29H2,1-2H3/t21-/m1/s1. The first-order chi connectivity index (χ1) is 16.8. The van der Waals surface area contributed by atoms with Crippen LogP contribution in [-0.4, -0.2) is 25.5 Å². The molecule has 184 valence electrons. The average molecular weight is 546 g/mol. The summed E-state index contributed by atoms with van der Waals surface area (Å²) in [5.74, 6) is -0.639. The maximum Gasteiger partial charge on any atom is 0.340 e. The number of carbonyl (C=O) groups excluding carboxylic acids is 2. The number of Topliss-reactive ketones (excluding diaryl/α,β-unsaturated/α-hetero) is 1. The molecule has 0 saturated carbocycles. The number of halogens is 2. The Morgan fingerprint density at radius 1 is 1.20 bits per heavy atom. The third-order valence-electron chi connectivity index (χ3n) is 5.85. The third-order valence-corrected chi connectivity index (χ3v) is 6.44. The van der Waals surface area contributed by atoms with Crippen LogP contribution in [0, 0.1) is 5.82 Å². The summed E-state index contributed by atoms with van der Waals surface area (Å²) in [6, 6.07) is 9.50. The number of ketones is 1. The van der Waals surface area contributed by atoms with Gasteiger partial charge in [0.05, 0.1) is 24.1 Å². The van der Waals surface area contributed by atoms with Gasteiger partial charge in [-0.2, -0.15) is 0 Å². The highest BCUT2D eigenvalue weighted by Gasteiger charge is 2.41. The molecular formula is C26H25BrFNO6. The molecule has 35 heavy (non-hydrogen) atoms. The molecule has 0 saturated heterocycles. The summed E-state index contributed by atoms with van der Waals surface area (Å²) < 4.78 is 36.3. The maximum absolute atomic E-state index is 13.2. The zero-order valence-electron chi connectivity index (χ0n) is 19.4. The van der Waals surface area contributed by atoms with Crippen LogP contribution < -0.4 is 15.2 Å². The number of hydrogen-bond acceptors (Lipinski definition) is 7. The molecule has 0 unspecified atom stereocenters. The van der Waals surface area contributed by atoms with Gasteiger partial charge in [-0.1, -0.05) is 12.1 Å². The van der Waals surface area contributed by atoms with Crippen LogP contribution in [0.3, 0.4) is 0 Å². The van der Waals surface area contributed by atoms with Crippen LogP contribution in [0.2, 0.25) is 0 Å². The van der Waals surface area contributed by atoms with Crippen molar-refractivity contribution in [2.45, 2.75) is 38.7 Å². The van der Waals surface area contributed by atoms with Crippen LogP contribution in [0.4, 0.5) is 4.39 Å². The summed E-state index contributed by atoms with van der Waals surface area (Å²) in [5, 5.41) is 0. The Labute approximate surface area is 210 Å². The van der Waals surface area contributed by atoms with Crippen molar-refractivity contribution in [3.05, 3.63) is 80.6 Å². The Kier molecular flexibility index (Phi) is 7.45. The van der Waals surface area contributed by atoms with Crippen molar-refractivity contribution in [2.24, 2.45) is 5.73 Å². The average Bonchev–Trinajstić information content (AvgIpc) is 2.83.